The summed E-state index contributed by atoms with van der Waals surface area (Å²) in [6.07, 6.45) is -3.13. The molecule has 24 heavy (non-hydrogen) atoms. The van der Waals surface area contributed by atoms with Crippen molar-refractivity contribution in [3.63, 3.8) is 0 Å². The number of amides is 1. The Bertz CT molecular complexity index is 719. The zero-order chi connectivity index (χ0) is 17.2. The molecule has 0 saturated carbocycles. The average Bonchev–Trinajstić information content (AvgIpc) is 3.18. The van der Waals surface area contributed by atoms with Crippen LogP contribution in [0.2, 0.25) is 0 Å². The number of carbonyl (C=O) groups excluding carboxylic acids is 1. The van der Waals surface area contributed by atoms with E-state index in [4.69, 9.17) is 0 Å². The Balaban J connectivity index is 1.76. The van der Waals surface area contributed by atoms with Gasteiger partial charge in [-0.1, -0.05) is 17.8 Å². The number of alkyl halides is 3. The number of nitrogens with zero attached hydrogens (tertiary/aromatic N) is 3. The van der Waals surface area contributed by atoms with Crippen molar-refractivity contribution >= 4 is 29.0 Å². The van der Waals surface area contributed by atoms with Crippen LogP contribution in [-0.4, -0.2) is 39.6 Å². The largest absolute Gasteiger partial charge is 0.433 e. The Hall–Kier alpha value is -1.61. The molecular formula is C15H14F3N3OS2. The number of thioether (sulfide) groups is 1. The second kappa shape index (κ2) is 7.10. The summed E-state index contributed by atoms with van der Waals surface area (Å²) in [5.41, 5.74) is -0.673. The Morgan fingerprint density at radius 3 is 2.79 bits per heavy atom. The van der Waals surface area contributed by atoms with Crippen LogP contribution in [0.3, 0.4) is 0 Å². The van der Waals surface area contributed by atoms with Crippen LogP contribution in [0.5, 0.6) is 0 Å². The molecule has 0 atom stereocenters. The molecule has 0 bridgehead atoms. The lowest BCUT2D eigenvalue weighted by molar-refractivity contribution is -0.141. The Labute approximate surface area is 145 Å². The van der Waals surface area contributed by atoms with Gasteiger partial charge < -0.3 is 4.90 Å². The van der Waals surface area contributed by atoms with Crippen LogP contribution < -0.4 is 0 Å². The SMILES string of the molecule is O=C1CCCN1CCSc1nc(-c2cccs2)cc(C(F)(F)F)n1. The van der Waals surface area contributed by atoms with E-state index in [2.05, 4.69) is 9.97 Å². The number of thiophene rings is 1. The van der Waals surface area contributed by atoms with Gasteiger partial charge in [0.15, 0.2) is 5.16 Å². The fraction of sp³-hybridized carbons (Fsp3) is 0.400. The summed E-state index contributed by atoms with van der Waals surface area (Å²) in [7, 11) is 0. The molecule has 3 heterocycles. The molecule has 0 aliphatic carbocycles. The Morgan fingerprint density at radius 1 is 1.33 bits per heavy atom. The van der Waals surface area contributed by atoms with E-state index in [9.17, 15) is 18.0 Å². The van der Waals surface area contributed by atoms with Gasteiger partial charge in [0.1, 0.15) is 5.69 Å². The fourth-order valence-electron chi connectivity index (χ4n) is 2.37. The number of carbonyl (C=O) groups is 1. The van der Waals surface area contributed by atoms with E-state index in [0.717, 1.165) is 24.2 Å². The highest BCUT2D eigenvalue weighted by Crippen LogP contribution is 2.33. The van der Waals surface area contributed by atoms with Gasteiger partial charge in [0.2, 0.25) is 5.91 Å². The molecule has 9 heteroatoms. The number of halogens is 3. The van der Waals surface area contributed by atoms with Gasteiger partial charge in [-0.15, -0.1) is 11.3 Å². The normalized spacial score (nSPS) is 15.3. The third kappa shape index (κ3) is 4.07. The van der Waals surface area contributed by atoms with E-state index >= 15 is 0 Å². The van der Waals surface area contributed by atoms with Crippen LogP contribution in [0, 0.1) is 0 Å². The van der Waals surface area contributed by atoms with Crippen LogP contribution in [0.4, 0.5) is 13.2 Å². The molecule has 1 fully saturated rings. The first-order chi connectivity index (χ1) is 11.4. The molecule has 0 radical (unpaired) electrons. The summed E-state index contributed by atoms with van der Waals surface area (Å²) in [5.74, 6) is 0.566. The summed E-state index contributed by atoms with van der Waals surface area (Å²) in [5, 5.41) is 1.87. The van der Waals surface area contributed by atoms with Gasteiger partial charge in [0.05, 0.1) is 10.6 Å². The fourth-order valence-corrected chi connectivity index (χ4v) is 3.88. The second-order valence-corrected chi connectivity index (χ2v) is 7.24. The van der Waals surface area contributed by atoms with Crippen LogP contribution in [0.15, 0.2) is 28.7 Å². The summed E-state index contributed by atoms with van der Waals surface area (Å²) in [6, 6.07) is 4.46. The first kappa shape index (κ1) is 17.2. The minimum atomic E-state index is -4.52. The predicted molar refractivity (Wildman–Crippen MR) is 86.9 cm³/mol. The van der Waals surface area contributed by atoms with Gasteiger partial charge in [-0.2, -0.15) is 13.2 Å². The molecule has 0 spiro atoms. The summed E-state index contributed by atoms with van der Waals surface area (Å²) in [6.45, 7) is 1.21. The number of hydrogen-bond donors (Lipinski definition) is 0. The molecule has 0 N–H and O–H groups in total. The average molecular weight is 373 g/mol. The van der Waals surface area contributed by atoms with Gasteiger partial charge in [-0.05, 0) is 23.9 Å². The minimum Gasteiger partial charge on any atom is -0.342 e. The molecule has 1 aliphatic rings. The standard InChI is InChI=1S/C15H14F3N3OS2/c16-15(17,18)12-9-10(11-3-2-7-23-11)19-14(20-12)24-8-6-21-5-1-4-13(21)22/h2-3,7,9H,1,4-6,8H2. The molecule has 1 amide bonds. The topological polar surface area (TPSA) is 46.1 Å². The third-order valence-electron chi connectivity index (χ3n) is 3.53. The lowest BCUT2D eigenvalue weighted by atomic mass is 10.3. The molecule has 3 rings (SSSR count). The van der Waals surface area contributed by atoms with Crippen molar-refractivity contribution in [2.45, 2.75) is 24.2 Å². The highest BCUT2D eigenvalue weighted by atomic mass is 32.2. The van der Waals surface area contributed by atoms with Crippen molar-refractivity contribution in [1.29, 1.82) is 0 Å². The van der Waals surface area contributed by atoms with Crippen molar-refractivity contribution in [2.24, 2.45) is 0 Å². The van der Waals surface area contributed by atoms with E-state index < -0.39 is 11.9 Å². The summed E-state index contributed by atoms with van der Waals surface area (Å²) in [4.78, 5) is 21.8. The predicted octanol–water partition coefficient (Wildman–Crippen LogP) is 3.94. The summed E-state index contributed by atoms with van der Waals surface area (Å²) >= 11 is 2.47. The number of hydrogen-bond acceptors (Lipinski definition) is 5. The van der Waals surface area contributed by atoms with Crippen molar-refractivity contribution < 1.29 is 18.0 Å². The second-order valence-electron chi connectivity index (χ2n) is 5.23. The van der Waals surface area contributed by atoms with E-state index in [1.54, 1.807) is 22.4 Å². The monoisotopic (exact) mass is 373 g/mol. The molecule has 4 nitrogen and oxygen atoms in total. The number of aromatic nitrogens is 2. The lowest BCUT2D eigenvalue weighted by Crippen LogP contribution is -2.27. The van der Waals surface area contributed by atoms with Gasteiger partial charge in [0, 0.05) is 25.3 Å². The molecule has 2 aromatic heterocycles. The van der Waals surface area contributed by atoms with Crippen LogP contribution in [0.1, 0.15) is 18.5 Å². The molecule has 0 aromatic carbocycles. The molecule has 0 unspecified atom stereocenters. The van der Waals surface area contributed by atoms with Crippen LogP contribution in [0.25, 0.3) is 10.6 Å². The highest BCUT2D eigenvalue weighted by molar-refractivity contribution is 7.99. The van der Waals surface area contributed by atoms with Crippen LogP contribution in [-0.2, 0) is 11.0 Å². The minimum absolute atomic E-state index is 0.0832. The summed E-state index contributed by atoms with van der Waals surface area (Å²) < 4.78 is 39.2. The lowest BCUT2D eigenvalue weighted by Gasteiger charge is -2.15. The van der Waals surface area contributed by atoms with Gasteiger partial charge in [-0.25, -0.2) is 9.97 Å². The molecule has 2 aromatic rings. The Morgan fingerprint density at radius 2 is 2.17 bits per heavy atom. The molecule has 1 aliphatic heterocycles. The van der Waals surface area contributed by atoms with Gasteiger partial charge in [0.25, 0.3) is 0 Å². The number of rotatable bonds is 5. The van der Waals surface area contributed by atoms with E-state index in [0.29, 0.717) is 30.1 Å². The van der Waals surface area contributed by atoms with Gasteiger partial charge in [-0.3, -0.25) is 4.79 Å². The first-order valence-electron chi connectivity index (χ1n) is 7.34. The third-order valence-corrected chi connectivity index (χ3v) is 5.25. The van der Waals surface area contributed by atoms with Crippen molar-refractivity contribution in [3.05, 3.63) is 29.3 Å². The first-order valence-corrected chi connectivity index (χ1v) is 9.21. The van der Waals surface area contributed by atoms with E-state index in [1.165, 1.54) is 11.3 Å². The van der Waals surface area contributed by atoms with Crippen molar-refractivity contribution in [2.75, 3.05) is 18.8 Å². The quantitative estimate of drug-likeness (QED) is 0.588. The maximum Gasteiger partial charge on any atom is 0.433 e. The van der Waals surface area contributed by atoms with Crippen molar-refractivity contribution in [3.8, 4) is 10.6 Å². The zero-order valence-electron chi connectivity index (χ0n) is 12.5. The molecular weight excluding hydrogens is 359 g/mol. The van der Waals surface area contributed by atoms with E-state index in [1.807, 2.05) is 0 Å². The molecule has 128 valence electrons. The Kier molecular flexibility index (Phi) is 5.09. The zero-order valence-corrected chi connectivity index (χ0v) is 14.2. The molecule has 1 saturated heterocycles. The smallest absolute Gasteiger partial charge is 0.342 e. The van der Waals surface area contributed by atoms with E-state index in [-0.39, 0.29) is 16.8 Å². The maximum atomic E-state index is 13.1. The van der Waals surface area contributed by atoms with Crippen molar-refractivity contribution in [1.82, 2.24) is 14.9 Å². The maximum absolute atomic E-state index is 13.1. The number of likely N-dealkylation sites (tertiary alicyclic amines) is 1. The highest BCUT2D eigenvalue weighted by Gasteiger charge is 2.34. The van der Waals surface area contributed by atoms with Crippen LogP contribution >= 0.6 is 23.1 Å². The van der Waals surface area contributed by atoms with Gasteiger partial charge >= 0.3 is 6.18 Å².